The summed E-state index contributed by atoms with van der Waals surface area (Å²) in [5.41, 5.74) is 0. The molecule has 1 aromatic rings. The first-order valence-corrected chi connectivity index (χ1v) is 3.57. The van der Waals surface area contributed by atoms with Crippen LogP contribution in [0.1, 0.15) is 0 Å². The molecule has 0 atom stereocenters. The maximum absolute atomic E-state index is 3.85. The summed E-state index contributed by atoms with van der Waals surface area (Å²) in [6.07, 6.45) is 5.24. The van der Waals surface area contributed by atoms with Gasteiger partial charge in [-0.3, -0.25) is 9.98 Å². The molecule has 0 amide bonds. The topological polar surface area (TPSA) is 37.3 Å². The van der Waals surface area contributed by atoms with Gasteiger partial charge >= 0.3 is 0 Å². The van der Waals surface area contributed by atoms with Crippen LogP contribution in [0.25, 0.3) is 0 Å². The van der Waals surface area contributed by atoms with Crippen molar-refractivity contribution >= 4 is 6.34 Å². The first-order chi connectivity index (χ1) is 5.50. The number of nitrogens with zero attached hydrogens (tertiary/aromatic N) is 2. The highest BCUT2D eigenvalue weighted by atomic mass is 15.0. The van der Waals surface area contributed by atoms with Crippen molar-refractivity contribution in [2.45, 2.75) is 0 Å². The van der Waals surface area contributed by atoms with Crippen LogP contribution in [0.3, 0.4) is 0 Å². The Balaban J connectivity index is 0.000000112. The zero-order chi connectivity index (χ0) is 7.78. The highest BCUT2D eigenvalue weighted by molar-refractivity contribution is 5.56. The lowest BCUT2D eigenvalue weighted by atomic mass is 10.5. The van der Waals surface area contributed by atoms with E-state index in [1.165, 1.54) is 0 Å². The average Bonchev–Trinajstić information content (AvgIpc) is 2.64. The molecule has 1 aliphatic heterocycles. The first kappa shape index (κ1) is 7.72. The van der Waals surface area contributed by atoms with Gasteiger partial charge in [0.15, 0.2) is 0 Å². The summed E-state index contributed by atoms with van der Waals surface area (Å²) in [6, 6.07) is 5.72. The number of rotatable bonds is 0. The summed E-state index contributed by atoms with van der Waals surface area (Å²) in [4.78, 5) is 7.63. The predicted molar refractivity (Wildman–Crippen MR) is 45.6 cm³/mol. The van der Waals surface area contributed by atoms with Crippen LogP contribution in [0.5, 0.6) is 0 Å². The Morgan fingerprint density at radius 1 is 1.09 bits per heavy atom. The van der Waals surface area contributed by atoms with Crippen molar-refractivity contribution in [3.8, 4) is 0 Å². The van der Waals surface area contributed by atoms with Gasteiger partial charge in [0.25, 0.3) is 0 Å². The Bertz CT molecular complexity index is 163. The number of hydrogen-bond acceptors (Lipinski definition) is 3. The quantitative estimate of drug-likeness (QED) is 0.589. The van der Waals surface area contributed by atoms with Crippen molar-refractivity contribution < 1.29 is 0 Å². The minimum atomic E-state index is 0.958. The highest BCUT2D eigenvalue weighted by Gasteiger charge is 1.82. The lowest BCUT2D eigenvalue weighted by Crippen LogP contribution is -2.04. The molecule has 1 N–H and O–H groups in total. The van der Waals surface area contributed by atoms with E-state index in [9.17, 15) is 0 Å². The van der Waals surface area contributed by atoms with Crippen LogP contribution in [-0.4, -0.2) is 24.4 Å². The Hall–Kier alpha value is -1.38. The SMILES string of the molecule is C1=NCCN1.c1ccncc1. The molecular weight excluding hydrogens is 138 g/mol. The number of aromatic nitrogens is 1. The summed E-state index contributed by atoms with van der Waals surface area (Å²) in [5, 5.41) is 2.93. The molecule has 3 nitrogen and oxygen atoms in total. The third kappa shape index (κ3) is 4.08. The largest absolute Gasteiger partial charge is 0.375 e. The van der Waals surface area contributed by atoms with Gasteiger partial charge in [0.2, 0.25) is 0 Å². The van der Waals surface area contributed by atoms with Gasteiger partial charge in [0.1, 0.15) is 0 Å². The summed E-state index contributed by atoms with van der Waals surface area (Å²) in [6.45, 7) is 1.99. The molecule has 3 heteroatoms. The number of pyridine rings is 1. The maximum atomic E-state index is 3.85. The third-order valence-corrected chi connectivity index (χ3v) is 1.13. The number of nitrogens with one attached hydrogen (secondary N) is 1. The molecule has 1 aromatic heterocycles. The van der Waals surface area contributed by atoms with Gasteiger partial charge in [-0.25, -0.2) is 0 Å². The molecular formula is C8H11N3. The molecule has 0 bridgehead atoms. The van der Waals surface area contributed by atoms with Crippen molar-refractivity contribution in [1.29, 1.82) is 0 Å². The molecule has 0 aromatic carbocycles. The van der Waals surface area contributed by atoms with Gasteiger partial charge in [-0.05, 0) is 12.1 Å². The summed E-state index contributed by atoms with van der Waals surface area (Å²) < 4.78 is 0. The fourth-order valence-electron chi connectivity index (χ4n) is 0.635. The molecule has 58 valence electrons. The zero-order valence-corrected chi connectivity index (χ0v) is 6.27. The van der Waals surface area contributed by atoms with Crippen LogP contribution < -0.4 is 5.32 Å². The van der Waals surface area contributed by atoms with Crippen molar-refractivity contribution in [1.82, 2.24) is 10.3 Å². The Morgan fingerprint density at radius 2 is 1.91 bits per heavy atom. The minimum absolute atomic E-state index is 0.958. The summed E-state index contributed by atoms with van der Waals surface area (Å²) >= 11 is 0. The number of hydrogen-bond donors (Lipinski definition) is 1. The van der Waals surface area contributed by atoms with Crippen LogP contribution >= 0.6 is 0 Å². The van der Waals surface area contributed by atoms with Gasteiger partial charge in [-0.1, -0.05) is 6.07 Å². The van der Waals surface area contributed by atoms with Gasteiger partial charge in [-0.2, -0.15) is 0 Å². The lowest BCUT2D eigenvalue weighted by molar-refractivity contribution is 0.965. The van der Waals surface area contributed by atoms with E-state index in [4.69, 9.17) is 0 Å². The second-order valence-corrected chi connectivity index (χ2v) is 2.01. The summed E-state index contributed by atoms with van der Waals surface area (Å²) in [7, 11) is 0. The number of aliphatic imine (C=N–C) groups is 1. The fourth-order valence-corrected chi connectivity index (χ4v) is 0.635. The van der Waals surface area contributed by atoms with Crippen molar-refractivity contribution in [3.63, 3.8) is 0 Å². The molecule has 0 aliphatic carbocycles. The van der Waals surface area contributed by atoms with E-state index in [2.05, 4.69) is 15.3 Å². The second kappa shape index (κ2) is 5.41. The van der Waals surface area contributed by atoms with Gasteiger partial charge in [0, 0.05) is 18.9 Å². The van der Waals surface area contributed by atoms with Crippen molar-refractivity contribution in [3.05, 3.63) is 30.6 Å². The molecule has 1 aliphatic rings. The molecule has 2 rings (SSSR count). The standard InChI is InChI=1S/C5H5N.C3H6N2/c1-2-4-6-5-3-1;1-2-5-3-4-1/h1-5H;3H,1-2H2,(H,4,5). The van der Waals surface area contributed by atoms with Crippen LogP contribution in [0.15, 0.2) is 35.6 Å². The van der Waals surface area contributed by atoms with Gasteiger partial charge < -0.3 is 5.32 Å². The fraction of sp³-hybridized carbons (Fsp3) is 0.250. The second-order valence-electron chi connectivity index (χ2n) is 2.01. The monoisotopic (exact) mass is 149 g/mol. The minimum Gasteiger partial charge on any atom is -0.375 e. The van der Waals surface area contributed by atoms with Crippen molar-refractivity contribution in [2.75, 3.05) is 13.1 Å². The lowest BCUT2D eigenvalue weighted by Gasteiger charge is -1.75. The van der Waals surface area contributed by atoms with Gasteiger partial charge in [0.05, 0.1) is 12.9 Å². The first-order valence-electron chi connectivity index (χ1n) is 3.57. The Labute approximate surface area is 66.2 Å². The molecule has 2 heterocycles. The van der Waals surface area contributed by atoms with E-state index < -0.39 is 0 Å². The normalized spacial score (nSPS) is 13.1. The van der Waals surface area contributed by atoms with Crippen LogP contribution in [0.4, 0.5) is 0 Å². The smallest absolute Gasteiger partial charge is 0.0825 e. The van der Waals surface area contributed by atoms with Crippen LogP contribution in [-0.2, 0) is 0 Å². The Kier molecular flexibility index (Phi) is 3.80. The van der Waals surface area contributed by atoms with E-state index in [-0.39, 0.29) is 0 Å². The molecule has 0 saturated heterocycles. The van der Waals surface area contributed by atoms with Crippen molar-refractivity contribution in [2.24, 2.45) is 4.99 Å². The predicted octanol–water partition coefficient (Wildman–Crippen LogP) is 0.699. The average molecular weight is 149 g/mol. The molecule has 0 fully saturated rings. The maximum Gasteiger partial charge on any atom is 0.0825 e. The molecule has 0 spiro atoms. The molecule has 0 unspecified atom stereocenters. The molecule has 11 heavy (non-hydrogen) atoms. The van der Waals surface area contributed by atoms with E-state index in [1.54, 1.807) is 18.7 Å². The van der Waals surface area contributed by atoms with E-state index in [0.717, 1.165) is 13.1 Å². The van der Waals surface area contributed by atoms with Crippen LogP contribution in [0.2, 0.25) is 0 Å². The van der Waals surface area contributed by atoms with Crippen LogP contribution in [0, 0.1) is 0 Å². The molecule has 0 radical (unpaired) electrons. The summed E-state index contributed by atoms with van der Waals surface area (Å²) in [5.74, 6) is 0. The molecule has 0 saturated carbocycles. The van der Waals surface area contributed by atoms with E-state index in [0.29, 0.717) is 0 Å². The Morgan fingerprint density at radius 3 is 2.09 bits per heavy atom. The van der Waals surface area contributed by atoms with Gasteiger partial charge in [-0.15, -0.1) is 0 Å². The third-order valence-electron chi connectivity index (χ3n) is 1.13. The van der Waals surface area contributed by atoms with E-state index in [1.807, 2.05) is 18.2 Å². The van der Waals surface area contributed by atoms with E-state index >= 15 is 0 Å². The highest BCUT2D eigenvalue weighted by Crippen LogP contribution is 1.73. The zero-order valence-electron chi connectivity index (χ0n) is 6.27.